The molecule has 0 saturated heterocycles. The van der Waals surface area contributed by atoms with Crippen molar-refractivity contribution in [2.45, 2.75) is 6.92 Å². The molecule has 24 heavy (non-hydrogen) atoms. The van der Waals surface area contributed by atoms with Crippen LogP contribution in [0.25, 0.3) is 33.5 Å². The number of thiazole rings is 1. The number of aryl methyl sites for hydroxylation is 1. The maximum atomic E-state index is 6.06. The van der Waals surface area contributed by atoms with Crippen molar-refractivity contribution in [2.24, 2.45) is 0 Å². The molecule has 2 aromatic carbocycles. The molecule has 0 bridgehead atoms. The highest BCUT2D eigenvalue weighted by Crippen LogP contribution is 2.33. The van der Waals surface area contributed by atoms with E-state index in [1.54, 1.807) is 11.3 Å². The molecule has 0 radical (unpaired) electrons. The number of rotatable bonds is 3. The highest BCUT2D eigenvalue weighted by molar-refractivity contribution is 7.13. The monoisotopic (exact) mass is 352 g/mol. The Kier molecular flexibility index (Phi) is 3.92. The molecule has 0 aliphatic rings. The fourth-order valence-corrected chi connectivity index (χ4v) is 3.46. The van der Waals surface area contributed by atoms with Gasteiger partial charge in [-0.2, -0.15) is 0 Å². The van der Waals surface area contributed by atoms with Gasteiger partial charge in [-0.25, -0.2) is 9.97 Å². The molecule has 0 amide bonds. The molecule has 0 aliphatic heterocycles. The third-order valence-corrected chi connectivity index (χ3v) is 4.75. The predicted octanol–water partition coefficient (Wildman–Crippen LogP) is 6.09. The standard InChI is InChI=1S/C19H13ClN2OS/c1-12-17(23-18(21-12)13-6-3-2-4-7-13)16-11-24-19(22-16)14-8-5-9-15(20)10-14/h2-11H,1H3. The Labute approximate surface area is 148 Å². The van der Waals surface area contributed by atoms with E-state index < -0.39 is 0 Å². The van der Waals surface area contributed by atoms with Crippen LogP contribution in [0.15, 0.2) is 64.4 Å². The molecular formula is C19H13ClN2OS. The summed E-state index contributed by atoms with van der Waals surface area (Å²) in [5.41, 5.74) is 3.58. The van der Waals surface area contributed by atoms with E-state index in [-0.39, 0.29) is 0 Å². The first-order valence-electron chi connectivity index (χ1n) is 7.45. The molecule has 0 spiro atoms. The van der Waals surface area contributed by atoms with Gasteiger partial charge in [-0.1, -0.05) is 41.9 Å². The number of oxazole rings is 1. The summed E-state index contributed by atoms with van der Waals surface area (Å²) in [4.78, 5) is 9.22. The highest BCUT2D eigenvalue weighted by Gasteiger charge is 2.16. The van der Waals surface area contributed by atoms with Crippen molar-refractivity contribution in [3.63, 3.8) is 0 Å². The van der Waals surface area contributed by atoms with E-state index >= 15 is 0 Å². The molecule has 0 unspecified atom stereocenters. The van der Waals surface area contributed by atoms with E-state index in [0.717, 1.165) is 27.5 Å². The smallest absolute Gasteiger partial charge is 0.227 e. The second-order valence-electron chi connectivity index (χ2n) is 5.35. The summed E-state index contributed by atoms with van der Waals surface area (Å²) in [5.74, 6) is 1.32. The summed E-state index contributed by atoms with van der Waals surface area (Å²) in [6, 6.07) is 17.5. The second kappa shape index (κ2) is 6.23. The van der Waals surface area contributed by atoms with Crippen LogP contribution in [-0.4, -0.2) is 9.97 Å². The number of hydrogen-bond acceptors (Lipinski definition) is 4. The van der Waals surface area contributed by atoms with Gasteiger partial charge in [0, 0.05) is 21.5 Å². The summed E-state index contributed by atoms with van der Waals surface area (Å²) >= 11 is 7.63. The Bertz CT molecular complexity index is 992. The van der Waals surface area contributed by atoms with E-state index in [9.17, 15) is 0 Å². The number of aromatic nitrogens is 2. The summed E-state index contributed by atoms with van der Waals surface area (Å²) in [6.07, 6.45) is 0. The number of halogens is 1. The first-order chi connectivity index (χ1) is 11.7. The molecule has 118 valence electrons. The summed E-state index contributed by atoms with van der Waals surface area (Å²) < 4.78 is 5.97. The number of hydrogen-bond donors (Lipinski definition) is 0. The van der Waals surface area contributed by atoms with Crippen LogP contribution in [0, 0.1) is 6.92 Å². The average molecular weight is 353 g/mol. The lowest BCUT2D eigenvalue weighted by Crippen LogP contribution is -1.80. The fourth-order valence-electron chi connectivity index (χ4n) is 2.47. The van der Waals surface area contributed by atoms with Crippen molar-refractivity contribution < 1.29 is 4.42 Å². The zero-order valence-corrected chi connectivity index (χ0v) is 14.4. The zero-order chi connectivity index (χ0) is 16.5. The van der Waals surface area contributed by atoms with Crippen molar-refractivity contribution in [2.75, 3.05) is 0 Å². The molecule has 4 aromatic rings. The van der Waals surface area contributed by atoms with E-state index in [1.165, 1.54) is 0 Å². The predicted molar refractivity (Wildman–Crippen MR) is 98.2 cm³/mol. The fraction of sp³-hybridized carbons (Fsp3) is 0.0526. The van der Waals surface area contributed by atoms with Crippen molar-refractivity contribution in [1.82, 2.24) is 9.97 Å². The van der Waals surface area contributed by atoms with Gasteiger partial charge in [0.05, 0.1) is 5.69 Å². The Hall–Kier alpha value is -2.43. The van der Waals surface area contributed by atoms with Gasteiger partial charge in [0.25, 0.3) is 0 Å². The molecule has 5 heteroatoms. The molecule has 0 aliphatic carbocycles. The molecule has 2 aromatic heterocycles. The highest BCUT2D eigenvalue weighted by atomic mass is 35.5. The third kappa shape index (κ3) is 2.86. The van der Waals surface area contributed by atoms with E-state index in [1.807, 2.05) is 66.9 Å². The quantitative estimate of drug-likeness (QED) is 0.447. The summed E-state index contributed by atoms with van der Waals surface area (Å²) in [6.45, 7) is 1.93. The van der Waals surface area contributed by atoms with Gasteiger partial charge in [-0.3, -0.25) is 0 Å². The van der Waals surface area contributed by atoms with Crippen LogP contribution in [-0.2, 0) is 0 Å². The van der Waals surface area contributed by atoms with Gasteiger partial charge in [-0.05, 0) is 31.2 Å². The Balaban J connectivity index is 1.72. The lowest BCUT2D eigenvalue weighted by atomic mass is 10.2. The average Bonchev–Trinajstić information content (AvgIpc) is 3.22. The van der Waals surface area contributed by atoms with Crippen molar-refractivity contribution in [3.05, 3.63) is 70.7 Å². The van der Waals surface area contributed by atoms with Gasteiger partial charge >= 0.3 is 0 Å². The molecule has 0 fully saturated rings. The summed E-state index contributed by atoms with van der Waals surface area (Å²) in [5, 5.41) is 3.59. The van der Waals surface area contributed by atoms with Crippen LogP contribution in [0.4, 0.5) is 0 Å². The largest absolute Gasteiger partial charge is 0.434 e. The molecule has 4 rings (SSSR count). The minimum Gasteiger partial charge on any atom is -0.434 e. The van der Waals surface area contributed by atoms with Crippen LogP contribution >= 0.6 is 22.9 Å². The number of nitrogens with zero attached hydrogens (tertiary/aromatic N) is 2. The van der Waals surface area contributed by atoms with Crippen LogP contribution in [0.1, 0.15) is 5.69 Å². The Morgan fingerprint density at radius 1 is 0.958 bits per heavy atom. The van der Waals surface area contributed by atoms with Gasteiger partial charge in [0.1, 0.15) is 10.7 Å². The SMILES string of the molecule is Cc1nc(-c2ccccc2)oc1-c1csc(-c2cccc(Cl)c2)n1. The van der Waals surface area contributed by atoms with Crippen LogP contribution in [0.5, 0.6) is 0 Å². The Morgan fingerprint density at radius 3 is 2.54 bits per heavy atom. The van der Waals surface area contributed by atoms with Crippen molar-refractivity contribution in [1.29, 1.82) is 0 Å². The normalized spacial score (nSPS) is 10.9. The minimum atomic E-state index is 0.611. The Morgan fingerprint density at radius 2 is 1.75 bits per heavy atom. The van der Waals surface area contributed by atoms with Gasteiger partial charge in [0.15, 0.2) is 5.76 Å². The van der Waals surface area contributed by atoms with Crippen LogP contribution in [0.3, 0.4) is 0 Å². The second-order valence-corrected chi connectivity index (χ2v) is 6.64. The zero-order valence-electron chi connectivity index (χ0n) is 12.9. The molecule has 3 nitrogen and oxygen atoms in total. The minimum absolute atomic E-state index is 0.611. The molecule has 0 saturated carbocycles. The first-order valence-corrected chi connectivity index (χ1v) is 8.71. The molecular weight excluding hydrogens is 340 g/mol. The molecule has 0 N–H and O–H groups in total. The number of benzene rings is 2. The maximum absolute atomic E-state index is 6.06. The van der Waals surface area contributed by atoms with Crippen molar-refractivity contribution >= 4 is 22.9 Å². The van der Waals surface area contributed by atoms with E-state index in [2.05, 4.69) is 9.97 Å². The van der Waals surface area contributed by atoms with E-state index in [0.29, 0.717) is 16.7 Å². The van der Waals surface area contributed by atoms with Crippen LogP contribution in [0.2, 0.25) is 5.02 Å². The lowest BCUT2D eigenvalue weighted by Gasteiger charge is -1.96. The van der Waals surface area contributed by atoms with Crippen LogP contribution < -0.4 is 0 Å². The summed E-state index contributed by atoms with van der Waals surface area (Å²) in [7, 11) is 0. The third-order valence-electron chi connectivity index (χ3n) is 3.63. The maximum Gasteiger partial charge on any atom is 0.227 e. The topological polar surface area (TPSA) is 38.9 Å². The lowest BCUT2D eigenvalue weighted by molar-refractivity contribution is 0.586. The van der Waals surface area contributed by atoms with Gasteiger partial charge in [0.2, 0.25) is 5.89 Å². The first kappa shape index (κ1) is 15.1. The molecule has 0 atom stereocenters. The van der Waals surface area contributed by atoms with Gasteiger partial charge in [-0.15, -0.1) is 11.3 Å². The van der Waals surface area contributed by atoms with E-state index in [4.69, 9.17) is 16.0 Å². The van der Waals surface area contributed by atoms with Gasteiger partial charge < -0.3 is 4.42 Å². The molecule has 2 heterocycles. The van der Waals surface area contributed by atoms with Crippen molar-refractivity contribution in [3.8, 4) is 33.5 Å².